The fourth-order valence-corrected chi connectivity index (χ4v) is 2.44. The summed E-state index contributed by atoms with van der Waals surface area (Å²) >= 11 is 0. The highest BCUT2D eigenvalue weighted by atomic mass is 19.1. The number of carbonyl (C=O) groups is 1. The molecule has 3 rings (SSSR count). The third-order valence-electron chi connectivity index (χ3n) is 3.79. The monoisotopic (exact) mass is 367 g/mol. The predicted molar refractivity (Wildman–Crippen MR) is 97.7 cm³/mol. The molecule has 0 aliphatic rings. The van der Waals surface area contributed by atoms with Crippen LogP contribution in [-0.2, 0) is 17.9 Å². The number of benzene rings is 1. The number of amides is 1. The SMILES string of the molecule is C=CC(=O)NCc1cnc(-c2ccc(F)cc2)cc1-c1nnc(CNC)o1. The van der Waals surface area contributed by atoms with Crippen LogP contribution in [0.2, 0.25) is 0 Å². The molecule has 8 heteroatoms. The minimum Gasteiger partial charge on any atom is -0.419 e. The van der Waals surface area contributed by atoms with Crippen LogP contribution >= 0.6 is 0 Å². The first-order chi connectivity index (χ1) is 13.1. The van der Waals surface area contributed by atoms with Crippen molar-refractivity contribution in [2.45, 2.75) is 13.1 Å². The van der Waals surface area contributed by atoms with Crippen molar-refractivity contribution in [2.24, 2.45) is 0 Å². The Balaban J connectivity index is 2.00. The molecule has 2 aromatic heterocycles. The maximum atomic E-state index is 13.2. The smallest absolute Gasteiger partial charge is 0.248 e. The molecule has 1 amide bonds. The molecule has 0 aliphatic carbocycles. The first kappa shape index (κ1) is 18.4. The van der Waals surface area contributed by atoms with E-state index in [-0.39, 0.29) is 18.3 Å². The van der Waals surface area contributed by atoms with Crippen LogP contribution in [0, 0.1) is 5.82 Å². The molecule has 0 atom stereocenters. The van der Waals surface area contributed by atoms with Gasteiger partial charge in [0, 0.05) is 29.4 Å². The Bertz CT molecular complexity index is 953. The van der Waals surface area contributed by atoms with Gasteiger partial charge in [0.1, 0.15) is 5.82 Å². The molecule has 2 N–H and O–H groups in total. The summed E-state index contributed by atoms with van der Waals surface area (Å²) in [4.78, 5) is 15.9. The Morgan fingerprint density at radius 2 is 2.04 bits per heavy atom. The average Bonchev–Trinajstić information content (AvgIpc) is 3.15. The Morgan fingerprint density at radius 1 is 1.26 bits per heavy atom. The molecule has 0 saturated carbocycles. The molecule has 7 nitrogen and oxygen atoms in total. The number of hydrogen-bond acceptors (Lipinski definition) is 6. The van der Waals surface area contributed by atoms with Gasteiger partial charge in [-0.25, -0.2) is 4.39 Å². The highest BCUT2D eigenvalue weighted by Crippen LogP contribution is 2.27. The van der Waals surface area contributed by atoms with Gasteiger partial charge in [0.2, 0.25) is 17.7 Å². The number of rotatable bonds is 7. The highest BCUT2D eigenvalue weighted by molar-refractivity contribution is 5.87. The molecule has 0 aliphatic heterocycles. The number of aromatic nitrogens is 3. The summed E-state index contributed by atoms with van der Waals surface area (Å²) in [6.45, 7) is 4.09. The van der Waals surface area contributed by atoms with Crippen LogP contribution in [0.1, 0.15) is 11.5 Å². The lowest BCUT2D eigenvalue weighted by Crippen LogP contribution is -2.20. The zero-order chi connectivity index (χ0) is 19.2. The van der Waals surface area contributed by atoms with Gasteiger partial charge in [0.05, 0.1) is 12.2 Å². The Hall–Kier alpha value is -3.39. The van der Waals surface area contributed by atoms with Crippen LogP contribution in [0.4, 0.5) is 4.39 Å². The number of carbonyl (C=O) groups excluding carboxylic acids is 1. The van der Waals surface area contributed by atoms with Crippen LogP contribution in [0.25, 0.3) is 22.7 Å². The molecule has 2 heterocycles. The van der Waals surface area contributed by atoms with E-state index in [0.717, 1.165) is 5.56 Å². The first-order valence-corrected chi connectivity index (χ1v) is 8.23. The van der Waals surface area contributed by atoms with Gasteiger partial charge in [-0.1, -0.05) is 6.58 Å². The average molecular weight is 367 g/mol. The standard InChI is InChI=1S/C19H18FN5O2/c1-3-17(26)23-10-13-9-22-16(12-4-6-14(20)7-5-12)8-15(13)19-25-24-18(27-19)11-21-2/h3-9,21H,1,10-11H2,2H3,(H,23,26). The van der Waals surface area contributed by atoms with E-state index >= 15 is 0 Å². The van der Waals surface area contributed by atoms with Crippen molar-refractivity contribution in [3.05, 3.63) is 66.5 Å². The van der Waals surface area contributed by atoms with Crippen molar-refractivity contribution in [3.63, 3.8) is 0 Å². The lowest BCUT2D eigenvalue weighted by atomic mass is 10.0. The molecular formula is C19H18FN5O2. The van der Waals surface area contributed by atoms with Crippen molar-refractivity contribution in [1.29, 1.82) is 0 Å². The number of nitrogens with zero attached hydrogens (tertiary/aromatic N) is 3. The summed E-state index contributed by atoms with van der Waals surface area (Å²) in [5, 5.41) is 13.7. The van der Waals surface area contributed by atoms with Gasteiger partial charge < -0.3 is 15.1 Å². The van der Waals surface area contributed by atoms with Gasteiger partial charge in [-0.15, -0.1) is 10.2 Å². The number of nitrogens with one attached hydrogen (secondary N) is 2. The number of halogens is 1. The lowest BCUT2D eigenvalue weighted by Gasteiger charge is -2.09. The molecular weight excluding hydrogens is 349 g/mol. The van der Waals surface area contributed by atoms with Crippen LogP contribution in [0.5, 0.6) is 0 Å². The number of pyridine rings is 1. The first-order valence-electron chi connectivity index (χ1n) is 8.23. The van der Waals surface area contributed by atoms with Gasteiger partial charge in [-0.3, -0.25) is 9.78 Å². The topological polar surface area (TPSA) is 92.9 Å². The summed E-state index contributed by atoms with van der Waals surface area (Å²) in [5.74, 6) is 0.129. The quantitative estimate of drug-likeness (QED) is 0.623. The van der Waals surface area contributed by atoms with Gasteiger partial charge in [0.25, 0.3) is 0 Å². The van der Waals surface area contributed by atoms with E-state index in [9.17, 15) is 9.18 Å². The van der Waals surface area contributed by atoms with E-state index < -0.39 is 0 Å². The van der Waals surface area contributed by atoms with E-state index in [1.807, 2.05) is 0 Å². The highest BCUT2D eigenvalue weighted by Gasteiger charge is 2.15. The second kappa shape index (κ2) is 8.33. The molecule has 0 radical (unpaired) electrons. The maximum Gasteiger partial charge on any atom is 0.248 e. The van der Waals surface area contributed by atoms with E-state index in [1.54, 1.807) is 31.4 Å². The molecule has 1 aromatic carbocycles. The lowest BCUT2D eigenvalue weighted by molar-refractivity contribution is -0.116. The van der Waals surface area contributed by atoms with Crippen LogP contribution < -0.4 is 10.6 Å². The van der Waals surface area contributed by atoms with Crippen molar-refractivity contribution in [2.75, 3.05) is 7.05 Å². The molecule has 0 bridgehead atoms. The summed E-state index contributed by atoms with van der Waals surface area (Å²) in [6, 6.07) is 7.79. The zero-order valence-corrected chi connectivity index (χ0v) is 14.7. The summed E-state index contributed by atoms with van der Waals surface area (Å²) in [5.41, 5.74) is 2.71. The minimum atomic E-state index is -0.323. The van der Waals surface area contributed by atoms with Crippen LogP contribution in [-0.4, -0.2) is 28.1 Å². The Labute approximate surface area is 155 Å². The summed E-state index contributed by atoms with van der Waals surface area (Å²) < 4.78 is 18.9. The maximum absolute atomic E-state index is 13.2. The van der Waals surface area contributed by atoms with Gasteiger partial charge >= 0.3 is 0 Å². The molecule has 0 spiro atoms. The van der Waals surface area contributed by atoms with Crippen molar-refractivity contribution >= 4 is 5.91 Å². The second-order valence-corrected chi connectivity index (χ2v) is 5.69. The molecule has 0 unspecified atom stereocenters. The molecule has 0 saturated heterocycles. The number of hydrogen-bond donors (Lipinski definition) is 2. The predicted octanol–water partition coefficient (Wildman–Crippen LogP) is 2.46. The largest absolute Gasteiger partial charge is 0.419 e. The van der Waals surface area contributed by atoms with Gasteiger partial charge in [0.15, 0.2) is 0 Å². The van der Waals surface area contributed by atoms with Crippen LogP contribution in [0.3, 0.4) is 0 Å². The van der Waals surface area contributed by atoms with Gasteiger partial charge in [-0.05, 0) is 43.5 Å². The van der Waals surface area contributed by atoms with Crippen LogP contribution in [0.15, 0.2) is 53.6 Å². The fourth-order valence-electron chi connectivity index (χ4n) is 2.44. The van der Waals surface area contributed by atoms with Crippen molar-refractivity contribution < 1.29 is 13.6 Å². The molecule has 0 fully saturated rings. The molecule has 3 aromatic rings. The third-order valence-corrected chi connectivity index (χ3v) is 3.79. The Morgan fingerprint density at radius 3 is 2.74 bits per heavy atom. The van der Waals surface area contributed by atoms with Crippen molar-refractivity contribution in [3.8, 4) is 22.7 Å². The Kier molecular flexibility index (Phi) is 5.68. The molecule has 138 valence electrons. The van der Waals surface area contributed by atoms with E-state index in [4.69, 9.17) is 4.42 Å². The van der Waals surface area contributed by atoms with E-state index in [0.29, 0.717) is 35.1 Å². The van der Waals surface area contributed by atoms with Crippen molar-refractivity contribution in [1.82, 2.24) is 25.8 Å². The third kappa shape index (κ3) is 4.42. The van der Waals surface area contributed by atoms with Gasteiger partial charge in [-0.2, -0.15) is 0 Å². The normalized spacial score (nSPS) is 10.6. The molecule has 27 heavy (non-hydrogen) atoms. The fraction of sp³-hybridized carbons (Fsp3) is 0.158. The summed E-state index contributed by atoms with van der Waals surface area (Å²) in [6.07, 6.45) is 2.82. The van der Waals surface area contributed by atoms with E-state index in [2.05, 4.69) is 32.4 Å². The summed E-state index contributed by atoms with van der Waals surface area (Å²) in [7, 11) is 1.78. The second-order valence-electron chi connectivity index (χ2n) is 5.69. The zero-order valence-electron chi connectivity index (χ0n) is 14.7. The van der Waals surface area contributed by atoms with E-state index in [1.165, 1.54) is 18.2 Å². The minimum absolute atomic E-state index is 0.223.